The lowest BCUT2D eigenvalue weighted by Crippen LogP contribution is -2.37. The summed E-state index contributed by atoms with van der Waals surface area (Å²) in [6.07, 6.45) is -2.31. The first-order chi connectivity index (χ1) is 12.8. The third kappa shape index (κ3) is 3.96. The van der Waals surface area contributed by atoms with Gasteiger partial charge in [-0.25, -0.2) is 9.97 Å². The lowest BCUT2D eigenvalue weighted by Gasteiger charge is -2.33. The molecule has 0 atom stereocenters. The number of nitrogens with one attached hydrogen (secondary N) is 1. The van der Waals surface area contributed by atoms with Gasteiger partial charge in [-0.1, -0.05) is 12.1 Å². The predicted molar refractivity (Wildman–Crippen MR) is 96.2 cm³/mol. The summed E-state index contributed by atoms with van der Waals surface area (Å²) >= 11 is 0. The van der Waals surface area contributed by atoms with E-state index < -0.39 is 11.9 Å². The predicted octanol–water partition coefficient (Wildman–Crippen LogP) is 3.37. The highest BCUT2D eigenvalue weighted by atomic mass is 19.4. The molecule has 0 radical (unpaired) electrons. The molecular weight excluding hydrogens is 359 g/mol. The fraction of sp³-hybridized carbons (Fsp3) is 0.389. The first kappa shape index (κ1) is 18.9. The Morgan fingerprint density at radius 2 is 1.96 bits per heavy atom. The summed E-state index contributed by atoms with van der Waals surface area (Å²) in [5, 5.41) is 8.49. The van der Waals surface area contributed by atoms with Crippen molar-refractivity contribution in [2.45, 2.75) is 19.0 Å². The summed E-state index contributed by atoms with van der Waals surface area (Å²) in [6.45, 7) is 1.01. The average Bonchev–Trinajstić information content (AvgIpc) is 2.67. The number of piperidine rings is 1. The Kier molecular flexibility index (Phi) is 5.20. The Bertz CT molecular complexity index is 832. The maximum atomic E-state index is 12.8. The number of nitrogens with zero attached hydrogens (tertiary/aromatic N) is 3. The van der Waals surface area contributed by atoms with Gasteiger partial charge in [0.2, 0.25) is 0 Å². The minimum Gasteiger partial charge on any atom is -0.495 e. The van der Waals surface area contributed by atoms with Crippen molar-refractivity contribution >= 4 is 17.2 Å². The SMILES string of the molecule is COc1cccc(C(=N)C2CCN(c3cc(C(F)(F)F)ncn3)CC2)c1N. The van der Waals surface area contributed by atoms with Gasteiger partial charge in [-0.3, -0.25) is 0 Å². The van der Waals surface area contributed by atoms with Gasteiger partial charge in [0.15, 0.2) is 0 Å². The molecule has 1 aromatic heterocycles. The van der Waals surface area contributed by atoms with Crippen LogP contribution in [0.2, 0.25) is 0 Å². The van der Waals surface area contributed by atoms with E-state index in [1.165, 1.54) is 7.11 Å². The van der Waals surface area contributed by atoms with E-state index in [0.717, 1.165) is 12.4 Å². The van der Waals surface area contributed by atoms with Crippen LogP contribution in [-0.4, -0.2) is 35.9 Å². The number of nitrogens with two attached hydrogens (primary N) is 1. The molecule has 0 spiro atoms. The van der Waals surface area contributed by atoms with Crippen molar-refractivity contribution in [3.8, 4) is 5.75 Å². The molecule has 3 N–H and O–H groups in total. The van der Waals surface area contributed by atoms with Crippen molar-refractivity contribution in [2.75, 3.05) is 30.8 Å². The maximum Gasteiger partial charge on any atom is 0.433 e. The van der Waals surface area contributed by atoms with E-state index in [1.54, 1.807) is 23.1 Å². The van der Waals surface area contributed by atoms with Crippen LogP contribution in [0.15, 0.2) is 30.6 Å². The Morgan fingerprint density at radius 1 is 1.26 bits per heavy atom. The molecule has 0 saturated carbocycles. The molecule has 3 rings (SSSR count). The Morgan fingerprint density at radius 3 is 2.59 bits per heavy atom. The zero-order chi connectivity index (χ0) is 19.6. The highest BCUT2D eigenvalue weighted by molar-refractivity contribution is 6.05. The van der Waals surface area contributed by atoms with E-state index in [1.807, 2.05) is 0 Å². The number of hydrogen-bond donors (Lipinski definition) is 2. The van der Waals surface area contributed by atoms with Crippen molar-refractivity contribution in [1.82, 2.24) is 9.97 Å². The van der Waals surface area contributed by atoms with Crippen molar-refractivity contribution < 1.29 is 17.9 Å². The van der Waals surface area contributed by atoms with E-state index in [2.05, 4.69) is 9.97 Å². The molecule has 2 heterocycles. The van der Waals surface area contributed by atoms with Gasteiger partial charge in [0.05, 0.1) is 12.8 Å². The number of hydrogen-bond acceptors (Lipinski definition) is 6. The zero-order valence-electron chi connectivity index (χ0n) is 14.8. The van der Waals surface area contributed by atoms with E-state index in [4.69, 9.17) is 15.9 Å². The molecule has 144 valence electrons. The maximum absolute atomic E-state index is 12.8. The highest BCUT2D eigenvalue weighted by Crippen LogP contribution is 2.32. The van der Waals surface area contributed by atoms with Crippen LogP contribution in [0.25, 0.3) is 0 Å². The summed E-state index contributed by atoms with van der Waals surface area (Å²) in [5.74, 6) is 0.748. The molecular formula is C18H20F3N5O. The summed E-state index contributed by atoms with van der Waals surface area (Å²) in [6, 6.07) is 6.27. The number of rotatable bonds is 4. The van der Waals surface area contributed by atoms with E-state index in [0.29, 0.717) is 48.6 Å². The Hall–Kier alpha value is -2.84. The summed E-state index contributed by atoms with van der Waals surface area (Å²) in [7, 11) is 1.52. The van der Waals surface area contributed by atoms with Gasteiger partial charge < -0.3 is 20.8 Å². The van der Waals surface area contributed by atoms with Gasteiger partial charge in [-0.15, -0.1) is 0 Å². The first-order valence-corrected chi connectivity index (χ1v) is 8.46. The third-order valence-electron chi connectivity index (χ3n) is 4.75. The number of alkyl halides is 3. The first-order valence-electron chi connectivity index (χ1n) is 8.46. The van der Waals surface area contributed by atoms with Crippen LogP contribution in [0.1, 0.15) is 24.1 Å². The van der Waals surface area contributed by atoms with Gasteiger partial charge in [-0.05, 0) is 18.9 Å². The van der Waals surface area contributed by atoms with Crippen LogP contribution in [0.3, 0.4) is 0 Å². The molecule has 1 fully saturated rings. The lowest BCUT2D eigenvalue weighted by atomic mass is 9.87. The second kappa shape index (κ2) is 7.42. The molecule has 0 bridgehead atoms. The molecule has 2 aromatic rings. The second-order valence-corrected chi connectivity index (χ2v) is 6.36. The number of benzene rings is 1. The van der Waals surface area contributed by atoms with Crippen LogP contribution in [0.4, 0.5) is 24.7 Å². The molecule has 9 heteroatoms. The van der Waals surface area contributed by atoms with E-state index in [9.17, 15) is 13.2 Å². The molecule has 0 aliphatic carbocycles. The third-order valence-corrected chi connectivity index (χ3v) is 4.75. The highest BCUT2D eigenvalue weighted by Gasteiger charge is 2.34. The minimum absolute atomic E-state index is 0.0282. The number of ether oxygens (including phenoxy) is 1. The van der Waals surface area contributed by atoms with Gasteiger partial charge in [0.1, 0.15) is 23.6 Å². The number of aromatic nitrogens is 2. The van der Waals surface area contributed by atoms with Crippen molar-refractivity contribution in [3.63, 3.8) is 0 Å². The van der Waals surface area contributed by atoms with Gasteiger partial charge in [-0.2, -0.15) is 13.2 Å². The molecule has 1 aliphatic rings. The van der Waals surface area contributed by atoms with Crippen LogP contribution in [0, 0.1) is 11.3 Å². The fourth-order valence-corrected chi connectivity index (χ4v) is 3.25. The number of para-hydroxylation sites is 1. The van der Waals surface area contributed by atoms with Crippen molar-refractivity contribution in [1.29, 1.82) is 5.41 Å². The lowest BCUT2D eigenvalue weighted by molar-refractivity contribution is -0.141. The standard InChI is InChI=1S/C18H20F3N5O/c1-27-13-4-2-3-12(17(13)23)16(22)11-5-7-26(8-6-11)15-9-14(18(19,20)21)24-10-25-15/h2-4,9-11,22H,5-8,23H2,1H3. The Balaban J connectivity index is 1.70. The van der Waals surface area contributed by atoms with Gasteiger partial charge >= 0.3 is 6.18 Å². The second-order valence-electron chi connectivity index (χ2n) is 6.36. The van der Waals surface area contributed by atoms with Crippen LogP contribution in [0.5, 0.6) is 5.75 Å². The number of anilines is 2. The van der Waals surface area contributed by atoms with E-state index in [-0.39, 0.29) is 11.7 Å². The molecule has 1 aliphatic heterocycles. The largest absolute Gasteiger partial charge is 0.495 e. The summed E-state index contributed by atoms with van der Waals surface area (Å²) in [4.78, 5) is 9.05. The van der Waals surface area contributed by atoms with Gasteiger partial charge in [0.25, 0.3) is 0 Å². The molecule has 6 nitrogen and oxygen atoms in total. The van der Waals surface area contributed by atoms with Gasteiger partial charge in [0, 0.05) is 36.3 Å². The Labute approximate surface area is 154 Å². The van der Waals surface area contributed by atoms with E-state index >= 15 is 0 Å². The average molecular weight is 379 g/mol. The minimum atomic E-state index is -4.50. The number of methoxy groups -OCH3 is 1. The van der Waals surface area contributed by atoms with Crippen molar-refractivity contribution in [2.24, 2.45) is 5.92 Å². The smallest absolute Gasteiger partial charge is 0.433 e. The monoisotopic (exact) mass is 379 g/mol. The zero-order valence-corrected chi connectivity index (χ0v) is 14.8. The summed E-state index contributed by atoms with van der Waals surface area (Å²) in [5.41, 5.74) is 6.61. The number of nitrogen functional groups attached to an aromatic ring is 1. The normalized spacial score (nSPS) is 15.6. The van der Waals surface area contributed by atoms with Crippen LogP contribution < -0.4 is 15.4 Å². The van der Waals surface area contributed by atoms with Crippen molar-refractivity contribution in [3.05, 3.63) is 41.9 Å². The molecule has 1 aromatic carbocycles. The number of halogens is 3. The fourth-order valence-electron chi connectivity index (χ4n) is 3.25. The molecule has 0 amide bonds. The molecule has 27 heavy (non-hydrogen) atoms. The van der Waals surface area contributed by atoms with Crippen LogP contribution in [-0.2, 0) is 6.18 Å². The summed E-state index contributed by atoms with van der Waals surface area (Å²) < 4.78 is 43.7. The quantitative estimate of drug-likeness (QED) is 0.628. The topological polar surface area (TPSA) is 88.1 Å². The molecule has 0 unspecified atom stereocenters. The molecule has 1 saturated heterocycles. The van der Waals surface area contributed by atoms with Crippen LogP contribution >= 0.6 is 0 Å².